The summed E-state index contributed by atoms with van der Waals surface area (Å²) in [5.74, 6) is -0.229. The molecule has 0 amide bonds. The predicted molar refractivity (Wildman–Crippen MR) is 61.0 cm³/mol. The van der Waals surface area contributed by atoms with Crippen molar-refractivity contribution in [3.63, 3.8) is 0 Å². The van der Waals surface area contributed by atoms with Gasteiger partial charge in [-0.15, -0.1) is 13.2 Å². The van der Waals surface area contributed by atoms with Gasteiger partial charge in [0.2, 0.25) is 0 Å². The Morgan fingerprint density at radius 2 is 2.13 bits per heavy atom. The number of pyridine rings is 1. The van der Waals surface area contributed by atoms with Crippen LogP contribution in [0.3, 0.4) is 0 Å². The Hall–Kier alpha value is -0.0500. The summed E-state index contributed by atoms with van der Waals surface area (Å²) < 4.78 is 40.3. The zero-order valence-corrected chi connectivity index (χ0v) is 11.3. The highest BCUT2D eigenvalue weighted by molar-refractivity contribution is 14.1. The lowest BCUT2D eigenvalue weighted by atomic mass is 10.3. The van der Waals surface area contributed by atoms with Gasteiger partial charge >= 0.3 is 6.36 Å². The summed E-state index contributed by atoms with van der Waals surface area (Å²) in [5, 5.41) is 0.496. The van der Waals surface area contributed by atoms with E-state index in [4.69, 9.17) is 0 Å². The normalized spacial score (nSPS) is 11.6. The number of aryl methyl sites for hydroxylation is 1. The molecule has 0 radical (unpaired) electrons. The third-order valence-corrected chi connectivity index (χ3v) is 2.88. The van der Waals surface area contributed by atoms with Crippen molar-refractivity contribution in [1.82, 2.24) is 4.98 Å². The van der Waals surface area contributed by atoms with Crippen LogP contribution >= 0.6 is 38.5 Å². The largest absolute Gasteiger partial charge is 0.573 e. The van der Waals surface area contributed by atoms with Crippen molar-refractivity contribution in [1.29, 1.82) is 0 Å². The van der Waals surface area contributed by atoms with Crippen LogP contribution in [0.15, 0.2) is 6.07 Å². The number of halogens is 5. The maximum absolute atomic E-state index is 12.0. The standard InChI is InChI=1S/C8H6BrF3INO/c1-4-7(15-8(10,11)12)6(13)2-5(3-9)14-4/h2H,3H2,1H3. The third kappa shape index (κ3) is 3.78. The SMILES string of the molecule is Cc1nc(CBr)cc(I)c1OC(F)(F)F. The average molecular weight is 396 g/mol. The number of hydrogen-bond acceptors (Lipinski definition) is 2. The highest BCUT2D eigenvalue weighted by Gasteiger charge is 2.33. The molecule has 0 aliphatic carbocycles. The molecule has 0 N–H and O–H groups in total. The lowest BCUT2D eigenvalue weighted by molar-refractivity contribution is -0.275. The maximum Gasteiger partial charge on any atom is 0.573 e. The second kappa shape index (κ2) is 4.86. The van der Waals surface area contributed by atoms with Gasteiger partial charge in [0.25, 0.3) is 0 Å². The molecule has 0 spiro atoms. The molecule has 0 unspecified atom stereocenters. The van der Waals surface area contributed by atoms with Gasteiger partial charge in [-0.1, -0.05) is 15.9 Å². The molecule has 15 heavy (non-hydrogen) atoms. The number of hydrogen-bond donors (Lipinski definition) is 0. The highest BCUT2D eigenvalue weighted by atomic mass is 127. The van der Waals surface area contributed by atoms with Crippen molar-refractivity contribution in [2.75, 3.05) is 0 Å². The first-order chi connectivity index (χ1) is 6.83. The van der Waals surface area contributed by atoms with Crippen molar-refractivity contribution >= 4 is 38.5 Å². The van der Waals surface area contributed by atoms with Crippen LogP contribution in [0.4, 0.5) is 13.2 Å². The van der Waals surface area contributed by atoms with Crippen LogP contribution in [-0.2, 0) is 5.33 Å². The van der Waals surface area contributed by atoms with E-state index in [0.29, 0.717) is 14.6 Å². The first kappa shape index (κ1) is 13.0. The molecule has 7 heteroatoms. The summed E-state index contributed by atoms with van der Waals surface area (Å²) in [4.78, 5) is 3.96. The number of alkyl halides is 4. The van der Waals surface area contributed by atoms with Crippen LogP contribution in [0.2, 0.25) is 0 Å². The van der Waals surface area contributed by atoms with Crippen LogP contribution < -0.4 is 4.74 Å². The van der Waals surface area contributed by atoms with E-state index in [1.165, 1.54) is 6.92 Å². The molecule has 0 aliphatic heterocycles. The minimum atomic E-state index is -4.68. The third-order valence-electron chi connectivity index (χ3n) is 1.50. The molecular weight excluding hydrogens is 390 g/mol. The molecular formula is C8H6BrF3INO. The molecule has 1 aromatic heterocycles. The zero-order chi connectivity index (χ0) is 11.6. The summed E-state index contributed by atoms with van der Waals surface area (Å²) in [6, 6.07) is 1.55. The van der Waals surface area contributed by atoms with E-state index < -0.39 is 6.36 Å². The summed E-state index contributed by atoms with van der Waals surface area (Å²) >= 11 is 4.97. The fraction of sp³-hybridized carbons (Fsp3) is 0.375. The molecule has 0 fully saturated rings. The van der Waals surface area contributed by atoms with Gasteiger partial charge in [-0.05, 0) is 35.6 Å². The molecule has 0 bridgehead atoms. The summed E-state index contributed by atoms with van der Waals surface area (Å²) in [5.41, 5.74) is 0.903. The van der Waals surface area contributed by atoms with Gasteiger partial charge in [-0.3, -0.25) is 4.98 Å². The minimum Gasteiger partial charge on any atom is -0.403 e. The first-order valence-electron chi connectivity index (χ1n) is 3.81. The van der Waals surface area contributed by atoms with Crippen molar-refractivity contribution in [2.45, 2.75) is 18.6 Å². The monoisotopic (exact) mass is 395 g/mol. The maximum atomic E-state index is 12.0. The van der Waals surface area contributed by atoms with E-state index in [2.05, 4.69) is 25.7 Å². The van der Waals surface area contributed by atoms with E-state index >= 15 is 0 Å². The van der Waals surface area contributed by atoms with E-state index in [1.807, 2.05) is 0 Å². The van der Waals surface area contributed by atoms with Gasteiger partial charge in [-0.2, -0.15) is 0 Å². The Labute approximate surface area is 106 Å². The van der Waals surface area contributed by atoms with E-state index in [9.17, 15) is 13.2 Å². The zero-order valence-electron chi connectivity index (χ0n) is 7.53. The fourth-order valence-corrected chi connectivity index (χ4v) is 2.14. The Balaban J connectivity index is 3.09. The lowest BCUT2D eigenvalue weighted by Gasteiger charge is -2.13. The van der Waals surface area contributed by atoms with Gasteiger partial charge in [0.1, 0.15) is 0 Å². The van der Waals surface area contributed by atoms with Gasteiger partial charge in [-0.25, -0.2) is 0 Å². The van der Waals surface area contributed by atoms with Gasteiger partial charge in [0.05, 0.1) is 15.0 Å². The summed E-state index contributed by atoms with van der Waals surface area (Å²) in [6.45, 7) is 1.48. The molecule has 0 saturated heterocycles. The molecule has 0 aromatic carbocycles. The lowest BCUT2D eigenvalue weighted by Crippen LogP contribution is -2.19. The van der Waals surface area contributed by atoms with Crippen LogP contribution in [0.25, 0.3) is 0 Å². The molecule has 1 aromatic rings. The van der Waals surface area contributed by atoms with Gasteiger partial charge in [0, 0.05) is 5.33 Å². The summed E-state index contributed by atoms with van der Waals surface area (Å²) in [7, 11) is 0. The number of aromatic nitrogens is 1. The fourth-order valence-electron chi connectivity index (χ4n) is 0.990. The predicted octanol–water partition coefficient (Wildman–Crippen LogP) is 3.79. The Kier molecular flexibility index (Phi) is 4.21. The second-order valence-corrected chi connectivity index (χ2v) is 4.41. The average Bonchev–Trinajstić information content (AvgIpc) is 2.09. The Morgan fingerprint density at radius 1 is 1.53 bits per heavy atom. The minimum absolute atomic E-state index is 0.229. The van der Waals surface area contributed by atoms with E-state index in [1.54, 1.807) is 28.7 Å². The van der Waals surface area contributed by atoms with Gasteiger partial charge in [0.15, 0.2) is 5.75 Å². The van der Waals surface area contributed by atoms with Crippen LogP contribution in [0.5, 0.6) is 5.75 Å². The molecule has 0 aliphatic rings. The van der Waals surface area contributed by atoms with Gasteiger partial charge < -0.3 is 4.74 Å². The molecule has 0 atom stereocenters. The van der Waals surface area contributed by atoms with E-state index in [0.717, 1.165) is 0 Å². The van der Waals surface area contributed by atoms with Crippen LogP contribution in [0.1, 0.15) is 11.4 Å². The Morgan fingerprint density at radius 3 is 2.53 bits per heavy atom. The van der Waals surface area contributed by atoms with Crippen molar-refractivity contribution in [3.05, 3.63) is 21.0 Å². The first-order valence-corrected chi connectivity index (χ1v) is 6.01. The Bertz CT molecular complexity index is 346. The van der Waals surface area contributed by atoms with Crippen LogP contribution in [0, 0.1) is 10.5 Å². The van der Waals surface area contributed by atoms with Crippen LogP contribution in [-0.4, -0.2) is 11.3 Å². The highest BCUT2D eigenvalue weighted by Crippen LogP contribution is 2.30. The van der Waals surface area contributed by atoms with E-state index in [-0.39, 0.29) is 11.4 Å². The second-order valence-electron chi connectivity index (χ2n) is 2.69. The number of rotatable bonds is 2. The molecule has 84 valence electrons. The van der Waals surface area contributed by atoms with Crippen molar-refractivity contribution < 1.29 is 17.9 Å². The summed E-state index contributed by atoms with van der Waals surface area (Å²) in [6.07, 6.45) is -4.68. The topological polar surface area (TPSA) is 22.1 Å². The molecule has 1 heterocycles. The molecule has 2 nitrogen and oxygen atoms in total. The molecule has 1 rings (SSSR count). The number of ether oxygens (including phenoxy) is 1. The molecule has 0 saturated carbocycles. The van der Waals surface area contributed by atoms with Crippen molar-refractivity contribution in [2.24, 2.45) is 0 Å². The quantitative estimate of drug-likeness (QED) is 0.561. The number of nitrogens with zero attached hydrogens (tertiary/aromatic N) is 1. The van der Waals surface area contributed by atoms with Crippen molar-refractivity contribution in [3.8, 4) is 5.75 Å². The smallest absolute Gasteiger partial charge is 0.403 e.